The molecule has 3 aromatic rings. The van der Waals surface area contributed by atoms with E-state index in [9.17, 15) is 4.79 Å². The molecule has 0 amide bonds. The van der Waals surface area contributed by atoms with Crippen LogP contribution in [0.15, 0.2) is 39.7 Å². The number of nitrogens with zero attached hydrogens (tertiary/aromatic N) is 2. The van der Waals surface area contributed by atoms with E-state index >= 15 is 0 Å². The van der Waals surface area contributed by atoms with Crippen LogP contribution in [0.5, 0.6) is 0 Å². The fourth-order valence-electron chi connectivity index (χ4n) is 2.81. The van der Waals surface area contributed by atoms with Crippen LogP contribution in [0.2, 0.25) is 0 Å². The number of hydrogen-bond acceptors (Lipinski definition) is 3. The van der Waals surface area contributed by atoms with Gasteiger partial charge in [-0.3, -0.25) is 9.13 Å². The van der Waals surface area contributed by atoms with E-state index in [1.54, 1.807) is 29.5 Å². The molecule has 0 spiro atoms. The quantitative estimate of drug-likeness (QED) is 0.801. The number of rotatable bonds is 3. The maximum Gasteiger partial charge on any atom is 0.328 e. The molecule has 2 heterocycles. The molecule has 1 unspecified atom stereocenters. The lowest BCUT2D eigenvalue weighted by atomic mass is 9.99. The van der Waals surface area contributed by atoms with Gasteiger partial charge in [-0.2, -0.15) is 0 Å². The second-order valence-electron chi connectivity index (χ2n) is 5.28. The van der Waals surface area contributed by atoms with Gasteiger partial charge in [0.15, 0.2) is 0 Å². The van der Waals surface area contributed by atoms with Crippen LogP contribution in [0.3, 0.4) is 0 Å². The van der Waals surface area contributed by atoms with Gasteiger partial charge in [0, 0.05) is 26.1 Å². The van der Waals surface area contributed by atoms with Crippen LogP contribution in [0.1, 0.15) is 29.9 Å². The van der Waals surface area contributed by atoms with E-state index in [0.29, 0.717) is 0 Å². The zero-order valence-electron chi connectivity index (χ0n) is 12.5. The number of furan rings is 1. The van der Waals surface area contributed by atoms with E-state index in [4.69, 9.17) is 10.2 Å². The van der Waals surface area contributed by atoms with Crippen molar-refractivity contribution in [3.63, 3.8) is 0 Å². The number of hydrogen-bond donors (Lipinski definition) is 1. The molecule has 5 heteroatoms. The molecule has 3 rings (SSSR count). The molecule has 0 radical (unpaired) electrons. The van der Waals surface area contributed by atoms with Crippen molar-refractivity contribution in [2.24, 2.45) is 19.8 Å². The number of fused-ring (bicyclic) bond motifs is 1. The Bertz CT molecular complexity index is 854. The van der Waals surface area contributed by atoms with Crippen LogP contribution in [0.4, 0.5) is 0 Å². The molecule has 1 atom stereocenters. The van der Waals surface area contributed by atoms with Crippen molar-refractivity contribution in [3.05, 3.63) is 57.9 Å². The first kappa shape index (κ1) is 13.7. The van der Waals surface area contributed by atoms with Gasteiger partial charge in [0.25, 0.3) is 0 Å². The Morgan fingerprint density at radius 1 is 1.19 bits per heavy atom. The minimum absolute atomic E-state index is 0.0340. The lowest BCUT2D eigenvalue weighted by molar-refractivity contribution is 0.509. The average molecular weight is 285 g/mol. The SMILES string of the molecule is CCc1occc1C(N)c1ccc2c(c1)n(C)c(=O)n2C. The first-order valence-electron chi connectivity index (χ1n) is 7.01. The maximum atomic E-state index is 12.0. The van der Waals surface area contributed by atoms with E-state index in [-0.39, 0.29) is 11.7 Å². The van der Waals surface area contributed by atoms with E-state index in [2.05, 4.69) is 0 Å². The van der Waals surface area contributed by atoms with Crippen LogP contribution < -0.4 is 11.4 Å². The predicted octanol–water partition coefficient (Wildman–Crippen LogP) is 2.08. The summed E-state index contributed by atoms with van der Waals surface area (Å²) in [5, 5.41) is 0. The third-order valence-electron chi connectivity index (χ3n) is 4.09. The molecule has 0 saturated heterocycles. The smallest absolute Gasteiger partial charge is 0.328 e. The Labute approximate surface area is 122 Å². The summed E-state index contributed by atoms with van der Waals surface area (Å²) in [6.45, 7) is 2.04. The summed E-state index contributed by atoms with van der Waals surface area (Å²) in [7, 11) is 3.55. The molecular weight excluding hydrogens is 266 g/mol. The second-order valence-corrected chi connectivity index (χ2v) is 5.28. The van der Waals surface area contributed by atoms with Crippen LogP contribution >= 0.6 is 0 Å². The first-order chi connectivity index (χ1) is 10.0. The standard InChI is InChI=1S/C16H19N3O2/c1-4-14-11(7-8-21-14)15(17)10-5-6-12-13(9-10)19(3)16(20)18(12)2/h5-9,15H,4,17H2,1-3H3. The van der Waals surface area contributed by atoms with Crippen molar-refractivity contribution < 1.29 is 4.42 Å². The Morgan fingerprint density at radius 3 is 2.62 bits per heavy atom. The number of aromatic nitrogens is 2. The number of aryl methyl sites for hydroxylation is 3. The van der Waals surface area contributed by atoms with E-state index in [1.165, 1.54) is 0 Å². The van der Waals surface area contributed by atoms with Crippen LogP contribution in [-0.2, 0) is 20.5 Å². The highest BCUT2D eigenvalue weighted by Crippen LogP contribution is 2.26. The van der Waals surface area contributed by atoms with Crippen molar-refractivity contribution in [2.75, 3.05) is 0 Å². The first-order valence-corrected chi connectivity index (χ1v) is 7.01. The maximum absolute atomic E-state index is 12.0. The summed E-state index contributed by atoms with van der Waals surface area (Å²) in [5.41, 5.74) is 10.1. The lowest BCUT2D eigenvalue weighted by Gasteiger charge is -2.12. The summed E-state index contributed by atoms with van der Waals surface area (Å²) in [6.07, 6.45) is 2.48. The van der Waals surface area contributed by atoms with Gasteiger partial charge in [-0.1, -0.05) is 13.0 Å². The van der Waals surface area contributed by atoms with Crippen molar-refractivity contribution in [3.8, 4) is 0 Å². The molecule has 21 heavy (non-hydrogen) atoms. The normalized spacial score (nSPS) is 13.0. The largest absolute Gasteiger partial charge is 0.469 e. The van der Waals surface area contributed by atoms with E-state index in [0.717, 1.165) is 34.3 Å². The summed E-state index contributed by atoms with van der Waals surface area (Å²) in [6, 6.07) is 7.56. The molecule has 0 aliphatic rings. The molecule has 0 aliphatic heterocycles. The molecule has 1 aromatic carbocycles. The monoisotopic (exact) mass is 285 g/mol. The van der Waals surface area contributed by atoms with Crippen LogP contribution in [-0.4, -0.2) is 9.13 Å². The molecule has 0 aliphatic carbocycles. The zero-order chi connectivity index (χ0) is 15.1. The second kappa shape index (κ2) is 4.93. The van der Waals surface area contributed by atoms with Crippen molar-refractivity contribution in [1.82, 2.24) is 9.13 Å². The molecule has 2 aromatic heterocycles. The van der Waals surface area contributed by atoms with Gasteiger partial charge < -0.3 is 10.2 Å². The van der Waals surface area contributed by atoms with Gasteiger partial charge in [-0.15, -0.1) is 0 Å². The topological polar surface area (TPSA) is 66.1 Å². The van der Waals surface area contributed by atoms with Gasteiger partial charge in [-0.25, -0.2) is 4.79 Å². The Kier molecular flexibility index (Phi) is 3.22. The molecule has 2 N–H and O–H groups in total. The molecule has 0 fully saturated rings. The lowest BCUT2D eigenvalue weighted by Crippen LogP contribution is -2.19. The minimum Gasteiger partial charge on any atom is -0.469 e. The number of benzene rings is 1. The highest BCUT2D eigenvalue weighted by Gasteiger charge is 2.17. The van der Waals surface area contributed by atoms with Gasteiger partial charge in [0.05, 0.1) is 23.3 Å². The molecule has 0 bridgehead atoms. The molecule has 110 valence electrons. The number of nitrogens with two attached hydrogens (primary N) is 1. The van der Waals surface area contributed by atoms with E-state index in [1.807, 2.05) is 31.2 Å². The predicted molar refractivity (Wildman–Crippen MR) is 82.3 cm³/mol. The zero-order valence-corrected chi connectivity index (χ0v) is 12.5. The van der Waals surface area contributed by atoms with Crippen molar-refractivity contribution in [1.29, 1.82) is 0 Å². The Hall–Kier alpha value is -2.27. The number of imidazole rings is 1. The fourth-order valence-corrected chi connectivity index (χ4v) is 2.81. The van der Waals surface area contributed by atoms with Gasteiger partial charge >= 0.3 is 5.69 Å². The minimum atomic E-state index is -0.251. The average Bonchev–Trinajstić information content (AvgIpc) is 3.06. The van der Waals surface area contributed by atoms with Gasteiger partial charge in [-0.05, 0) is 23.8 Å². The molecule has 5 nitrogen and oxygen atoms in total. The van der Waals surface area contributed by atoms with Crippen LogP contribution in [0, 0.1) is 0 Å². The summed E-state index contributed by atoms with van der Waals surface area (Å²) in [5.74, 6) is 0.907. The van der Waals surface area contributed by atoms with Crippen molar-refractivity contribution >= 4 is 11.0 Å². The van der Waals surface area contributed by atoms with E-state index < -0.39 is 0 Å². The summed E-state index contributed by atoms with van der Waals surface area (Å²) >= 11 is 0. The Balaban J connectivity index is 2.13. The third-order valence-corrected chi connectivity index (χ3v) is 4.09. The van der Waals surface area contributed by atoms with Gasteiger partial charge in [0.2, 0.25) is 0 Å². The van der Waals surface area contributed by atoms with Crippen molar-refractivity contribution in [2.45, 2.75) is 19.4 Å². The highest BCUT2D eigenvalue weighted by atomic mass is 16.3. The fraction of sp³-hybridized carbons (Fsp3) is 0.312. The summed E-state index contributed by atoms with van der Waals surface area (Å²) in [4.78, 5) is 12.0. The molecule has 0 saturated carbocycles. The Morgan fingerprint density at radius 2 is 1.90 bits per heavy atom. The van der Waals surface area contributed by atoms with Crippen LogP contribution in [0.25, 0.3) is 11.0 Å². The third kappa shape index (κ3) is 2.01. The highest BCUT2D eigenvalue weighted by molar-refractivity contribution is 5.77. The summed E-state index contributed by atoms with van der Waals surface area (Å²) < 4.78 is 8.73. The molecular formula is C16H19N3O2. The van der Waals surface area contributed by atoms with Gasteiger partial charge in [0.1, 0.15) is 5.76 Å².